The lowest BCUT2D eigenvalue weighted by Crippen LogP contribution is -2.48. The lowest BCUT2D eigenvalue weighted by atomic mass is 10.1. The van der Waals surface area contributed by atoms with Gasteiger partial charge in [-0.3, -0.25) is 4.79 Å². The van der Waals surface area contributed by atoms with Gasteiger partial charge < -0.3 is 20.1 Å². The van der Waals surface area contributed by atoms with E-state index in [1.165, 1.54) is 0 Å². The maximum atomic E-state index is 13.9. The molecular weight excluding hydrogens is 429 g/mol. The fourth-order valence-electron chi connectivity index (χ4n) is 2.45. The second-order valence-corrected chi connectivity index (χ2v) is 6.08. The molecule has 1 fully saturated rings. The molecule has 0 saturated carbocycles. The Kier molecular flexibility index (Phi) is 6.90. The number of benzene rings is 1. The molecule has 2 aromatic rings. The monoisotopic (exact) mass is 444 g/mol. The van der Waals surface area contributed by atoms with Crippen LogP contribution in [0, 0.1) is 5.82 Å². The van der Waals surface area contributed by atoms with E-state index < -0.39 is 30.3 Å². The second kappa shape index (κ2) is 8.85. The molecule has 2 heterocycles. The summed E-state index contributed by atoms with van der Waals surface area (Å²) in [5.41, 5.74) is 0.0572. The van der Waals surface area contributed by atoms with Crippen molar-refractivity contribution in [1.82, 2.24) is 14.9 Å². The largest absolute Gasteiger partial charge is 0.573 e. The van der Waals surface area contributed by atoms with Crippen molar-refractivity contribution in [1.29, 1.82) is 0 Å². The minimum Gasteiger partial charge on any atom is -0.403 e. The average molecular weight is 444 g/mol. The van der Waals surface area contributed by atoms with Crippen LogP contribution in [0.5, 0.6) is 5.75 Å². The van der Waals surface area contributed by atoms with E-state index in [1.54, 1.807) is 11.8 Å². The Labute approximate surface area is 164 Å². The molecule has 30 heavy (non-hydrogen) atoms. The van der Waals surface area contributed by atoms with Crippen LogP contribution in [0.3, 0.4) is 0 Å². The van der Waals surface area contributed by atoms with Gasteiger partial charge in [-0.05, 0) is 19.4 Å². The van der Waals surface area contributed by atoms with Crippen molar-refractivity contribution < 1.29 is 45.4 Å². The van der Waals surface area contributed by atoms with Gasteiger partial charge in [-0.2, -0.15) is 0 Å². The maximum absolute atomic E-state index is 13.9. The van der Waals surface area contributed by atoms with Gasteiger partial charge in [0.15, 0.2) is 11.6 Å². The fraction of sp³-hybridized carbons (Fsp3) is 0.438. The summed E-state index contributed by atoms with van der Waals surface area (Å²) in [4.78, 5) is 21.6. The molecule has 1 aliphatic rings. The number of halogens is 7. The molecule has 1 amide bonds. The zero-order valence-corrected chi connectivity index (χ0v) is 15.2. The summed E-state index contributed by atoms with van der Waals surface area (Å²) >= 11 is 0. The van der Waals surface area contributed by atoms with Crippen molar-refractivity contribution >= 4 is 22.6 Å². The third-order valence-corrected chi connectivity index (χ3v) is 3.81. The molecule has 0 radical (unpaired) electrons. The van der Waals surface area contributed by atoms with Crippen LogP contribution in [0.2, 0.25) is 0 Å². The molecule has 2 N–H and O–H groups in total. The number of rotatable bonds is 4. The topological polar surface area (TPSA) is 87.6 Å². The number of fused-ring (bicyclic) bond motifs is 1. The summed E-state index contributed by atoms with van der Waals surface area (Å²) in [6.45, 7) is 3.00. The van der Waals surface area contributed by atoms with Gasteiger partial charge in [0.2, 0.25) is 5.91 Å². The number of carbonyl (C=O) groups excluding carboxylic acids is 1. The first-order valence-corrected chi connectivity index (χ1v) is 8.29. The van der Waals surface area contributed by atoms with Crippen LogP contribution in [0.4, 0.5) is 36.6 Å². The van der Waals surface area contributed by atoms with Crippen molar-refractivity contribution in [3.8, 4) is 5.75 Å². The summed E-state index contributed by atoms with van der Waals surface area (Å²) < 4.78 is 84.2. The maximum Gasteiger partial charge on any atom is 0.573 e. The Balaban J connectivity index is 0.000000575. The Bertz CT molecular complexity index is 895. The second-order valence-electron chi connectivity index (χ2n) is 6.08. The first-order chi connectivity index (χ1) is 13.7. The number of alkyl halides is 6. The van der Waals surface area contributed by atoms with Crippen molar-refractivity contribution in [2.45, 2.75) is 32.1 Å². The predicted octanol–water partition coefficient (Wildman–Crippen LogP) is 3.20. The van der Waals surface area contributed by atoms with Crippen LogP contribution >= 0.6 is 0 Å². The van der Waals surface area contributed by atoms with Crippen molar-refractivity contribution in [3.05, 3.63) is 24.3 Å². The molecule has 0 spiro atoms. The van der Waals surface area contributed by atoms with E-state index in [0.29, 0.717) is 13.1 Å². The standard InChI is InChI=1S/C15H14F4N4O2.CHF3O/c1-8(14(24)23-3-2-4-23)22-13-9-5-10(16)12(25-15(17,18)19)6-11(9)20-7-21-13;2-1(3,4)5/h5-8H,2-4H2,1H3,(H,20,21,22);5H/t8-;/m1./s1. The van der Waals surface area contributed by atoms with E-state index in [4.69, 9.17) is 5.11 Å². The van der Waals surface area contributed by atoms with Crippen molar-refractivity contribution in [2.24, 2.45) is 0 Å². The SMILES string of the molecule is C[C@@H](Nc1ncnc2cc(OC(F)(F)F)c(F)cc12)C(=O)N1CCC1.OC(F)(F)F. The lowest BCUT2D eigenvalue weighted by Gasteiger charge is -2.33. The average Bonchev–Trinajstić information content (AvgIpc) is 2.51. The zero-order valence-electron chi connectivity index (χ0n) is 15.2. The highest BCUT2D eigenvalue weighted by molar-refractivity contribution is 5.92. The molecule has 1 aromatic carbocycles. The summed E-state index contributed by atoms with van der Waals surface area (Å²) in [6, 6.07) is 1.07. The first kappa shape index (κ1) is 23.4. The van der Waals surface area contributed by atoms with E-state index in [2.05, 4.69) is 20.0 Å². The third kappa shape index (κ3) is 6.86. The number of ether oxygens (including phenoxy) is 1. The highest BCUT2D eigenvalue weighted by Crippen LogP contribution is 2.31. The molecule has 7 nitrogen and oxygen atoms in total. The number of hydrogen-bond donors (Lipinski definition) is 2. The number of nitrogens with zero attached hydrogens (tertiary/aromatic N) is 3. The Morgan fingerprint density at radius 2 is 1.80 bits per heavy atom. The van der Waals surface area contributed by atoms with Gasteiger partial charge in [-0.1, -0.05) is 0 Å². The van der Waals surface area contributed by atoms with E-state index in [1.807, 2.05) is 0 Å². The van der Waals surface area contributed by atoms with Gasteiger partial charge in [0, 0.05) is 24.5 Å². The van der Waals surface area contributed by atoms with Crippen LogP contribution in [0.15, 0.2) is 18.5 Å². The van der Waals surface area contributed by atoms with Crippen LogP contribution in [0.25, 0.3) is 10.9 Å². The minimum absolute atomic E-state index is 0.0572. The van der Waals surface area contributed by atoms with Gasteiger partial charge >= 0.3 is 12.7 Å². The summed E-state index contributed by atoms with van der Waals surface area (Å²) in [5, 5.41) is 9.53. The number of aromatic nitrogens is 2. The molecule has 1 aromatic heterocycles. The summed E-state index contributed by atoms with van der Waals surface area (Å²) in [6.07, 6.45) is -7.95. The molecular formula is C16H15F7N4O3. The number of likely N-dealkylation sites (tertiary alicyclic amines) is 1. The van der Waals surface area contributed by atoms with E-state index >= 15 is 0 Å². The number of carbonyl (C=O) groups is 1. The number of nitrogens with one attached hydrogen (secondary N) is 1. The molecule has 166 valence electrons. The number of anilines is 1. The molecule has 1 atom stereocenters. The third-order valence-electron chi connectivity index (χ3n) is 3.81. The predicted molar refractivity (Wildman–Crippen MR) is 88.7 cm³/mol. The number of amides is 1. The Morgan fingerprint density at radius 1 is 1.20 bits per heavy atom. The van der Waals surface area contributed by atoms with E-state index in [9.17, 15) is 35.5 Å². The highest BCUT2D eigenvalue weighted by atomic mass is 19.4. The molecule has 0 aliphatic carbocycles. The molecule has 1 saturated heterocycles. The van der Waals surface area contributed by atoms with Crippen LogP contribution < -0.4 is 10.1 Å². The van der Waals surface area contributed by atoms with Crippen molar-refractivity contribution in [2.75, 3.05) is 18.4 Å². The van der Waals surface area contributed by atoms with Crippen molar-refractivity contribution in [3.63, 3.8) is 0 Å². The Hall–Kier alpha value is -2.90. The number of hydrogen-bond acceptors (Lipinski definition) is 6. The quantitative estimate of drug-likeness (QED) is 0.705. The fourth-order valence-corrected chi connectivity index (χ4v) is 2.45. The lowest BCUT2D eigenvalue weighted by molar-refractivity contribution is -0.295. The van der Waals surface area contributed by atoms with Gasteiger partial charge in [-0.15, -0.1) is 26.3 Å². The van der Waals surface area contributed by atoms with Crippen LogP contribution in [0.1, 0.15) is 13.3 Å². The Morgan fingerprint density at radius 3 is 2.30 bits per heavy atom. The molecule has 14 heteroatoms. The van der Waals surface area contributed by atoms with Gasteiger partial charge in [0.1, 0.15) is 18.2 Å². The highest BCUT2D eigenvalue weighted by Gasteiger charge is 2.33. The molecule has 0 bridgehead atoms. The first-order valence-electron chi connectivity index (χ1n) is 8.29. The normalized spacial score (nSPS) is 15.0. The van der Waals surface area contributed by atoms with E-state index in [0.717, 1.165) is 24.9 Å². The smallest absolute Gasteiger partial charge is 0.403 e. The number of aliphatic hydroxyl groups is 1. The van der Waals surface area contributed by atoms with Crippen LogP contribution in [-0.4, -0.2) is 57.7 Å². The minimum atomic E-state index is -5.01. The van der Waals surface area contributed by atoms with Crippen LogP contribution in [-0.2, 0) is 4.79 Å². The van der Waals surface area contributed by atoms with E-state index in [-0.39, 0.29) is 22.6 Å². The zero-order chi connectivity index (χ0) is 22.7. The molecule has 0 unspecified atom stereocenters. The van der Waals surface area contributed by atoms with Gasteiger partial charge in [0.05, 0.1) is 5.52 Å². The van der Waals surface area contributed by atoms with Gasteiger partial charge in [-0.25, -0.2) is 14.4 Å². The summed E-state index contributed by atoms with van der Waals surface area (Å²) in [7, 11) is 0. The molecule has 1 aliphatic heterocycles. The summed E-state index contributed by atoms with van der Waals surface area (Å²) in [5.74, 6) is -2.15. The van der Waals surface area contributed by atoms with Gasteiger partial charge in [0.25, 0.3) is 0 Å². The molecule has 3 rings (SSSR count).